The van der Waals surface area contributed by atoms with E-state index in [2.05, 4.69) is 21.2 Å². The Labute approximate surface area is 266 Å². The van der Waals surface area contributed by atoms with E-state index in [-0.39, 0.29) is 23.8 Å². The van der Waals surface area contributed by atoms with Crippen molar-refractivity contribution in [2.75, 3.05) is 17.4 Å². The van der Waals surface area contributed by atoms with E-state index >= 15 is 0 Å². The molecule has 4 rings (SSSR count). The van der Waals surface area contributed by atoms with Crippen LogP contribution in [0.1, 0.15) is 24.5 Å². The van der Waals surface area contributed by atoms with Gasteiger partial charge in [0.25, 0.3) is 10.0 Å². The molecule has 10 heteroatoms. The number of nitrogens with zero attached hydrogens (tertiary/aromatic N) is 2. The summed E-state index contributed by atoms with van der Waals surface area (Å²) in [5.74, 6) is -0.854. The molecule has 7 nitrogen and oxygen atoms in total. The fourth-order valence-electron chi connectivity index (χ4n) is 4.63. The van der Waals surface area contributed by atoms with Crippen molar-refractivity contribution in [2.24, 2.45) is 0 Å². The number of amides is 2. The van der Waals surface area contributed by atoms with E-state index < -0.39 is 28.5 Å². The van der Waals surface area contributed by atoms with Crippen LogP contribution < -0.4 is 9.62 Å². The van der Waals surface area contributed by atoms with Crippen LogP contribution in [0.2, 0.25) is 5.02 Å². The first-order chi connectivity index (χ1) is 20.7. The van der Waals surface area contributed by atoms with Gasteiger partial charge in [-0.05, 0) is 60.0 Å². The van der Waals surface area contributed by atoms with E-state index in [1.54, 1.807) is 60.7 Å². The van der Waals surface area contributed by atoms with Crippen LogP contribution in [0.5, 0.6) is 0 Å². The molecule has 0 aliphatic carbocycles. The van der Waals surface area contributed by atoms with E-state index in [1.165, 1.54) is 17.0 Å². The highest BCUT2D eigenvalue weighted by molar-refractivity contribution is 9.10. The van der Waals surface area contributed by atoms with E-state index in [0.717, 1.165) is 16.3 Å². The summed E-state index contributed by atoms with van der Waals surface area (Å²) in [7, 11) is -4.15. The van der Waals surface area contributed by atoms with Gasteiger partial charge in [0.15, 0.2) is 0 Å². The summed E-state index contributed by atoms with van der Waals surface area (Å²) >= 11 is 9.70. The standard InChI is InChI=1S/C33H33BrClN3O4S/c1-2-19-36-33(40)31(21-25-11-5-3-6-12-25)37(23-26-13-9-15-28(35)20-26)32(39)24-38(29-16-10-14-27(34)22-29)43(41,42)30-17-7-4-8-18-30/h3-18,20,22,31H,2,19,21,23-24H2,1H3,(H,36,40)/t31-/m1/s1. The van der Waals surface area contributed by atoms with Crippen LogP contribution in [0.4, 0.5) is 5.69 Å². The zero-order valence-electron chi connectivity index (χ0n) is 23.7. The first kappa shape index (κ1) is 32.3. The maximum atomic E-state index is 14.4. The average molecular weight is 683 g/mol. The molecule has 0 bridgehead atoms. The lowest BCUT2D eigenvalue weighted by Crippen LogP contribution is -2.53. The normalized spacial score (nSPS) is 11.9. The van der Waals surface area contributed by atoms with Crippen molar-refractivity contribution in [3.63, 3.8) is 0 Å². The molecular weight excluding hydrogens is 650 g/mol. The van der Waals surface area contributed by atoms with Gasteiger partial charge in [0.05, 0.1) is 10.6 Å². The average Bonchev–Trinajstić information content (AvgIpc) is 3.01. The van der Waals surface area contributed by atoms with Gasteiger partial charge in [0.2, 0.25) is 11.8 Å². The summed E-state index contributed by atoms with van der Waals surface area (Å²) in [4.78, 5) is 29.5. The molecule has 43 heavy (non-hydrogen) atoms. The quantitative estimate of drug-likeness (QED) is 0.175. The fraction of sp³-hybridized carbons (Fsp3) is 0.212. The number of hydrogen-bond donors (Lipinski definition) is 1. The van der Waals surface area contributed by atoms with Crippen LogP contribution in [-0.2, 0) is 32.6 Å². The predicted molar refractivity (Wildman–Crippen MR) is 174 cm³/mol. The molecule has 0 aliphatic heterocycles. The third kappa shape index (κ3) is 8.69. The van der Waals surface area contributed by atoms with Gasteiger partial charge in [-0.25, -0.2) is 8.42 Å². The second-order valence-electron chi connectivity index (χ2n) is 9.95. The summed E-state index contributed by atoms with van der Waals surface area (Å²) in [6, 6.07) is 30.3. The monoisotopic (exact) mass is 681 g/mol. The van der Waals surface area contributed by atoms with Gasteiger partial charge >= 0.3 is 0 Å². The summed E-state index contributed by atoms with van der Waals surface area (Å²) in [6.07, 6.45) is 0.961. The minimum atomic E-state index is -4.15. The number of anilines is 1. The highest BCUT2D eigenvalue weighted by Gasteiger charge is 2.34. The van der Waals surface area contributed by atoms with E-state index in [9.17, 15) is 18.0 Å². The topological polar surface area (TPSA) is 86.8 Å². The third-order valence-electron chi connectivity index (χ3n) is 6.77. The highest BCUT2D eigenvalue weighted by atomic mass is 79.9. The van der Waals surface area contributed by atoms with E-state index in [4.69, 9.17) is 11.6 Å². The van der Waals surface area contributed by atoms with E-state index in [0.29, 0.717) is 27.3 Å². The summed E-state index contributed by atoms with van der Waals surface area (Å²) < 4.78 is 29.7. The number of carbonyl (C=O) groups is 2. The van der Waals surface area contributed by atoms with Crippen molar-refractivity contribution in [3.05, 3.63) is 130 Å². The van der Waals surface area contributed by atoms with Gasteiger partial charge in [-0.1, -0.05) is 101 Å². The molecule has 1 atom stereocenters. The first-order valence-electron chi connectivity index (χ1n) is 13.9. The first-order valence-corrected chi connectivity index (χ1v) is 16.5. The summed E-state index contributed by atoms with van der Waals surface area (Å²) in [6.45, 7) is 1.91. The molecule has 0 saturated heterocycles. The van der Waals surface area contributed by atoms with Gasteiger partial charge in [-0.15, -0.1) is 0 Å². The molecule has 1 N–H and O–H groups in total. The number of carbonyl (C=O) groups excluding carboxylic acids is 2. The van der Waals surface area contributed by atoms with Crippen molar-refractivity contribution >= 4 is 55.1 Å². The number of sulfonamides is 1. The molecule has 0 unspecified atom stereocenters. The Morgan fingerprint density at radius 3 is 2.16 bits per heavy atom. The molecule has 0 aliphatic rings. The Balaban J connectivity index is 1.79. The predicted octanol–water partition coefficient (Wildman–Crippen LogP) is 6.46. The smallest absolute Gasteiger partial charge is 0.264 e. The summed E-state index contributed by atoms with van der Waals surface area (Å²) in [5.41, 5.74) is 1.88. The maximum Gasteiger partial charge on any atom is 0.264 e. The highest BCUT2D eigenvalue weighted by Crippen LogP contribution is 2.27. The molecule has 4 aromatic carbocycles. The SMILES string of the molecule is CCCNC(=O)[C@@H](Cc1ccccc1)N(Cc1cccc(Cl)c1)C(=O)CN(c1cccc(Br)c1)S(=O)(=O)c1ccccc1. The zero-order chi connectivity index (χ0) is 30.8. The lowest BCUT2D eigenvalue weighted by Gasteiger charge is -2.34. The van der Waals surface area contributed by atoms with Crippen molar-refractivity contribution in [1.29, 1.82) is 0 Å². The van der Waals surface area contributed by atoms with Gasteiger partial charge in [0, 0.05) is 29.0 Å². The fourth-order valence-corrected chi connectivity index (χ4v) is 6.66. The van der Waals surface area contributed by atoms with Crippen molar-refractivity contribution in [1.82, 2.24) is 10.2 Å². The molecule has 0 spiro atoms. The largest absolute Gasteiger partial charge is 0.354 e. The van der Waals surface area contributed by atoms with Gasteiger partial charge in [-0.3, -0.25) is 13.9 Å². The van der Waals surface area contributed by atoms with Crippen molar-refractivity contribution in [2.45, 2.75) is 37.2 Å². The van der Waals surface area contributed by atoms with E-state index in [1.807, 2.05) is 43.3 Å². The molecule has 2 amide bonds. The second-order valence-corrected chi connectivity index (χ2v) is 13.2. The van der Waals surface area contributed by atoms with Crippen LogP contribution in [0.3, 0.4) is 0 Å². The van der Waals surface area contributed by atoms with Gasteiger partial charge in [-0.2, -0.15) is 0 Å². The van der Waals surface area contributed by atoms with Crippen LogP contribution >= 0.6 is 27.5 Å². The molecule has 0 radical (unpaired) electrons. The zero-order valence-corrected chi connectivity index (χ0v) is 26.9. The number of hydrogen-bond acceptors (Lipinski definition) is 4. The molecule has 0 heterocycles. The van der Waals surface area contributed by atoms with Gasteiger partial charge < -0.3 is 10.2 Å². The molecule has 4 aromatic rings. The van der Waals surface area contributed by atoms with Crippen molar-refractivity contribution < 1.29 is 18.0 Å². The third-order valence-corrected chi connectivity index (χ3v) is 9.28. The summed E-state index contributed by atoms with van der Waals surface area (Å²) in [5, 5.41) is 3.43. The Kier molecular flexibility index (Phi) is 11.4. The molecular formula is C33H33BrClN3O4S. The van der Waals surface area contributed by atoms with Crippen LogP contribution in [0.25, 0.3) is 0 Å². The lowest BCUT2D eigenvalue weighted by molar-refractivity contribution is -0.140. The second kappa shape index (κ2) is 15.2. The Morgan fingerprint density at radius 2 is 1.51 bits per heavy atom. The van der Waals surface area contributed by atoms with Crippen LogP contribution in [-0.4, -0.2) is 44.3 Å². The molecule has 0 saturated carbocycles. The number of rotatable bonds is 13. The molecule has 0 fully saturated rings. The van der Waals surface area contributed by atoms with Crippen LogP contribution in [0.15, 0.2) is 119 Å². The van der Waals surface area contributed by atoms with Gasteiger partial charge in [0.1, 0.15) is 12.6 Å². The van der Waals surface area contributed by atoms with Crippen LogP contribution in [0, 0.1) is 0 Å². The number of halogens is 2. The molecule has 224 valence electrons. The number of benzene rings is 4. The Bertz CT molecular complexity index is 1640. The Hall–Kier alpha value is -3.66. The minimum absolute atomic E-state index is 0.0469. The number of nitrogens with one attached hydrogen (secondary N) is 1. The maximum absolute atomic E-state index is 14.4. The minimum Gasteiger partial charge on any atom is -0.354 e. The Morgan fingerprint density at radius 1 is 0.860 bits per heavy atom. The van der Waals surface area contributed by atoms with Crippen molar-refractivity contribution in [3.8, 4) is 0 Å². The lowest BCUT2D eigenvalue weighted by atomic mass is 10.0. The molecule has 0 aromatic heterocycles.